The molecule has 0 radical (unpaired) electrons. The van der Waals surface area contributed by atoms with Gasteiger partial charge in [-0.05, 0) is 43.9 Å². The maximum Gasteiger partial charge on any atom is 0.239 e. The van der Waals surface area contributed by atoms with Crippen molar-refractivity contribution in [3.05, 3.63) is 29.8 Å². The van der Waals surface area contributed by atoms with Gasteiger partial charge in [-0.3, -0.25) is 4.79 Å². The zero-order valence-electron chi connectivity index (χ0n) is 13.6. The van der Waals surface area contributed by atoms with Gasteiger partial charge in [-0.15, -0.1) is 0 Å². The highest BCUT2D eigenvalue weighted by molar-refractivity contribution is 5.81. The molecule has 0 unspecified atom stereocenters. The van der Waals surface area contributed by atoms with Crippen LogP contribution in [0, 0.1) is 12.8 Å². The normalized spacial score (nSPS) is 10.7. The first-order valence-corrected chi connectivity index (χ1v) is 7.82. The molecule has 1 aromatic rings. The average molecular weight is 291 g/mol. The lowest BCUT2D eigenvalue weighted by Gasteiger charge is -2.26. The Morgan fingerprint density at radius 1 is 1.33 bits per heavy atom. The van der Waals surface area contributed by atoms with Gasteiger partial charge in [-0.1, -0.05) is 32.0 Å². The molecule has 118 valence electrons. The molecule has 0 spiro atoms. The van der Waals surface area contributed by atoms with E-state index in [4.69, 9.17) is 5.73 Å². The Bertz CT molecular complexity index is 432. The van der Waals surface area contributed by atoms with E-state index in [1.165, 1.54) is 5.56 Å². The van der Waals surface area contributed by atoms with Crippen LogP contribution in [0.4, 0.5) is 5.69 Å². The van der Waals surface area contributed by atoms with Crippen molar-refractivity contribution in [2.75, 3.05) is 31.1 Å². The third-order valence-electron chi connectivity index (χ3n) is 3.47. The number of rotatable bonds is 9. The van der Waals surface area contributed by atoms with Crippen LogP contribution in [0.15, 0.2) is 24.3 Å². The lowest BCUT2D eigenvalue weighted by Crippen LogP contribution is -2.39. The minimum atomic E-state index is 0.0796. The summed E-state index contributed by atoms with van der Waals surface area (Å²) in [5.74, 6) is 0.686. The lowest BCUT2D eigenvalue weighted by atomic mass is 10.1. The minimum Gasteiger partial charge on any atom is -0.362 e. The molecule has 0 aromatic heterocycles. The van der Waals surface area contributed by atoms with Crippen molar-refractivity contribution >= 4 is 11.6 Å². The van der Waals surface area contributed by atoms with E-state index in [2.05, 4.69) is 43.1 Å². The van der Waals surface area contributed by atoms with Crippen molar-refractivity contribution in [3.63, 3.8) is 0 Å². The second kappa shape index (κ2) is 9.40. The number of carbonyl (C=O) groups excluding carboxylic acids is 1. The summed E-state index contributed by atoms with van der Waals surface area (Å²) in [5.41, 5.74) is 7.91. The second-order valence-electron chi connectivity index (χ2n) is 5.88. The maximum absolute atomic E-state index is 12.1. The van der Waals surface area contributed by atoms with E-state index >= 15 is 0 Å². The maximum atomic E-state index is 12.1. The number of para-hydroxylation sites is 1. The van der Waals surface area contributed by atoms with E-state index < -0.39 is 0 Å². The van der Waals surface area contributed by atoms with E-state index in [9.17, 15) is 4.79 Å². The summed E-state index contributed by atoms with van der Waals surface area (Å²) in [6.07, 6.45) is 1.90. The number of amides is 1. The fraction of sp³-hybridized carbons (Fsp3) is 0.588. The van der Waals surface area contributed by atoms with E-state index in [1.807, 2.05) is 12.1 Å². The van der Waals surface area contributed by atoms with Crippen LogP contribution in [-0.2, 0) is 4.79 Å². The summed E-state index contributed by atoms with van der Waals surface area (Å²) in [5, 5.41) is 3.00. The summed E-state index contributed by atoms with van der Waals surface area (Å²) < 4.78 is 0. The van der Waals surface area contributed by atoms with Crippen molar-refractivity contribution in [2.24, 2.45) is 11.7 Å². The summed E-state index contributed by atoms with van der Waals surface area (Å²) in [7, 11) is 0. The summed E-state index contributed by atoms with van der Waals surface area (Å²) >= 11 is 0. The van der Waals surface area contributed by atoms with Gasteiger partial charge in [-0.25, -0.2) is 0 Å². The number of nitrogens with one attached hydrogen (secondary N) is 1. The number of hydrogen-bond acceptors (Lipinski definition) is 3. The number of anilines is 1. The predicted molar refractivity (Wildman–Crippen MR) is 89.5 cm³/mol. The molecule has 0 aliphatic carbocycles. The first kappa shape index (κ1) is 17.5. The van der Waals surface area contributed by atoms with Crippen LogP contribution in [0.5, 0.6) is 0 Å². The molecule has 1 rings (SSSR count). The molecule has 0 saturated heterocycles. The Morgan fingerprint density at radius 2 is 2.05 bits per heavy atom. The SMILES string of the molecule is Cc1ccccc1N(CCCN)CC(=O)NCCC(C)C. The van der Waals surface area contributed by atoms with Crippen molar-refractivity contribution in [1.82, 2.24) is 5.32 Å². The molecule has 0 atom stereocenters. The first-order chi connectivity index (χ1) is 10.0. The van der Waals surface area contributed by atoms with E-state index in [-0.39, 0.29) is 5.91 Å². The van der Waals surface area contributed by atoms with Gasteiger partial charge in [0.05, 0.1) is 6.54 Å². The predicted octanol–water partition coefficient (Wildman–Crippen LogP) is 2.31. The molecule has 0 saturated carbocycles. The van der Waals surface area contributed by atoms with Gasteiger partial charge in [0.15, 0.2) is 0 Å². The van der Waals surface area contributed by atoms with Crippen molar-refractivity contribution in [1.29, 1.82) is 0 Å². The van der Waals surface area contributed by atoms with Crippen LogP contribution in [0.2, 0.25) is 0 Å². The smallest absolute Gasteiger partial charge is 0.239 e. The molecule has 0 fully saturated rings. The molecule has 4 nitrogen and oxygen atoms in total. The standard InChI is InChI=1S/C17H29N3O/c1-14(2)9-11-19-17(21)13-20(12-6-10-18)16-8-5-4-7-15(16)3/h4-5,7-8,14H,6,9-13,18H2,1-3H3,(H,19,21). The number of nitrogens with zero attached hydrogens (tertiary/aromatic N) is 1. The molecule has 21 heavy (non-hydrogen) atoms. The molecule has 0 bridgehead atoms. The van der Waals surface area contributed by atoms with Gasteiger partial charge in [-0.2, -0.15) is 0 Å². The fourth-order valence-corrected chi connectivity index (χ4v) is 2.21. The molecule has 0 aliphatic rings. The first-order valence-electron chi connectivity index (χ1n) is 7.82. The van der Waals surface area contributed by atoms with Crippen LogP contribution in [0.3, 0.4) is 0 Å². The molecule has 3 N–H and O–H groups in total. The van der Waals surface area contributed by atoms with Crippen LogP contribution in [0.25, 0.3) is 0 Å². The molecule has 1 amide bonds. The number of aryl methyl sites for hydroxylation is 1. The Morgan fingerprint density at radius 3 is 2.67 bits per heavy atom. The van der Waals surface area contributed by atoms with E-state index in [0.29, 0.717) is 19.0 Å². The third kappa shape index (κ3) is 6.63. The van der Waals surface area contributed by atoms with Gasteiger partial charge in [0.1, 0.15) is 0 Å². The Hall–Kier alpha value is -1.55. The zero-order chi connectivity index (χ0) is 15.7. The van der Waals surface area contributed by atoms with Crippen molar-refractivity contribution in [3.8, 4) is 0 Å². The van der Waals surface area contributed by atoms with Gasteiger partial charge in [0.25, 0.3) is 0 Å². The van der Waals surface area contributed by atoms with Gasteiger partial charge in [0, 0.05) is 18.8 Å². The molecule has 0 aliphatic heterocycles. The second-order valence-corrected chi connectivity index (χ2v) is 5.88. The molecule has 0 heterocycles. The Balaban J connectivity index is 2.62. The third-order valence-corrected chi connectivity index (χ3v) is 3.47. The van der Waals surface area contributed by atoms with E-state index in [0.717, 1.165) is 31.6 Å². The topological polar surface area (TPSA) is 58.4 Å². The fourth-order valence-electron chi connectivity index (χ4n) is 2.21. The monoisotopic (exact) mass is 291 g/mol. The number of benzene rings is 1. The lowest BCUT2D eigenvalue weighted by molar-refractivity contribution is -0.119. The van der Waals surface area contributed by atoms with Crippen LogP contribution < -0.4 is 16.0 Å². The molecule has 4 heteroatoms. The molecular weight excluding hydrogens is 262 g/mol. The average Bonchev–Trinajstić information content (AvgIpc) is 2.43. The van der Waals surface area contributed by atoms with Gasteiger partial charge in [0.2, 0.25) is 5.91 Å². The summed E-state index contributed by atoms with van der Waals surface area (Å²) in [4.78, 5) is 14.2. The highest BCUT2D eigenvalue weighted by Crippen LogP contribution is 2.19. The van der Waals surface area contributed by atoms with Crippen LogP contribution >= 0.6 is 0 Å². The number of hydrogen-bond donors (Lipinski definition) is 2. The van der Waals surface area contributed by atoms with E-state index in [1.54, 1.807) is 0 Å². The zero-order valence-corrected chi connectivity index (χ0v) is 13.6. The van der Waals surface area contributed by atoms with Crippen molar-refractivity contribution < 1.29 is 4.79 Å². The molecular formula is C17H29N3O. The van der Waals surface area contributed by atoms with Crippen molar-refractivity contribution in [2.45, 2.75) is 33.6 Å². The van der Waals surface area contributed by atoms with Crippen LogP contribution in [0.1, 0.15) is 32.3 Å². The summed E-state index contributed by atoms with van der Waals surface area (Å²) in [6.45, 7) is 8.97. The minimum absolute atomic E-state index is 0.0796. The summed E-state index contributed by atoms with van der Waals surface area (Å²) in [6, 6.07) is 8.16. The largest absolute Gasteiger partial charge is 0.362 e. The van der Waals surface area contributed by atoms with Crippen LogP contribution in [-0.4, -0.2) is 32.1 Å². The van der Waals surface area contributed by atoms with Gasteiger partial charge < -0.3 is 16.0 Å². The highest BCUT2D eigenvalue weighted by atomic mass is 16.2. The number of nitrogens with two attached hydrogens (primary N) is 1. The quantitative estimate of drug-likeness (QED) is 0.734. The Labute approximate surface area is 128 Å². The number of carbonyl (C=O) groups is 1. The molecule has 1 aromatic carbocycles. The highest BCUT2D eigenvalue weighted by Gasteiger charge is 2.12. The Kier molecular flexibility index (Phi) is 7.83. The van der Waals surface area contributed by atoms with Gasteiger partial charge >= 0.3 is 0 Å².